The van der Waals surface area contributed by atoms with E-state index in [9.17, 15) is 0 Å². The van der Waals surface area contributed by atoms with Crippen molar-refractivity contribution >= 4 is 38.9 Å². The largest absolute Gasteiger partial charge is 0.310 e. The smallest absolute Gasteiger partial charge is 0.0715 e. The van der Waals surface area contributed by atoms with Gasteiger partial charge in [0.2, 0.25) is 0 Å². The molecule has 12 aromatic rings. The monoisotopic (exact) mass is 918 g/mol. The minimum Gasteiger partial charge on any atom is -0.310 e. The molecular weight excluding hydrogens is 869 g/mol. The first kappa shape index (κ1) is 41.9. The van der Waals surface area contributed by atoms with Crippen LogP contribution in [0, 0.1) is 0 Å². The molecule has 2 aliphatic carbocycles. The Hall–Kier alpha value is -8.98. The average Bonchev–Trinajstić information content (AvgIpc) is 4.03. The maximum atomic E-state index is 2.51. The van der Waals surface area contributed by atoms with E-state index in [1.54, 1.807) is 0 Å². The minimum absolute atomic E-state index is 0.169. The van der Waals surface area contributed by atoms with E-state index < -0.39 is 5.41 Å². The lowest BCUT2D eigenvalue weighted by Crippen LogP contribution is -2.28. The third kappa shape index (κ3) is 6.15. The summed E-state index contributed by atoms with van der Waals surface area (Å²) in [6.45, 7) is 4.75. The van der Waals surface area contributed by atoms with Crippen molar-refractivity contribution in [2.24, 2.45) is 0 Å². The zero-order valence-corrected chi connectivity index (χ0v) is 40.3. The van der Waals surface area contributed by atoms with Crippen LogP contribution in [0.3, 0.4) is 0 Å². The Morgan fingerprint density at radius 2 is 0.778 bits per heavy atom. The SMILES string of the molecule is CC1(C)c2ccccc2-c2ccc(N(c3ccc(-c4ccccc4-c4ccccc4)cc3)c3ccc4c(c3)C(c3ccccc3)(c3ccccc3)c3cccc(-n5c6ccccc6c6ccccc65)c3-4)cc21. The van der Waals surface area contributed by atoms with E-state index >= 15 is 0 Å². The number of anilines is 3. The first-order valence-electron chi connectivity index (χ1n) is 25.2. The maximum absolute atomic E-state index is 2.51. The van der Waals surface area contributed by atoms with Crippen LogP contribution in [-0.4, -0.2) is 4.57 Å². The highest BCUT2D eigenvalue weighted by molar-refractivity contribution is 6.10. The molecule has 2 nitrogen and oxygen atoms in total. The third-order valence-electron chi connectivity index (χ3n) is 15.9. The fraction of sp³-hybridized carbons (Fsp3) is 0.0571. The maximum Gasteiger partial charge on any atom is 0.0715 e. The van der Waals surface area contributed by atoms with Gasteiger partial charge in [-0.3, -0.25) is 0 Å². The molecule has 0 saturated heterocycles. The fourth-order valence-electron chi connectivity index (χ4n) is 12.7. The zero-order valence-electron chi connectivity index (χ0n) is 40.3. The molecule has 0 aliphatic heterocycles. The summed E-state index contributed by atoms with van der Waals surface area (Å²) in [5.74, 6) is 0. The second-order valence-corrected chi connectivity index (χ2v) is 20.0. The number of fused-ring (bicyclic) bond motifs is 9. The van der Waals surface area contributed by atoms with E-state index in [2.05, 4.69) is 290 Å². The van der Waals surface area contributed by atoms with Crippen LogP contribution < -0.4 is 4.90 Å². The van der Waals surface area contributed by atoms with E-state index in [0.29, 0.717) is 0 Å². The molecule has 0 radical (unpaired) electrons. The van der Waals surface area contributed by atoms with E-state index in [1.807, 2.05) is 0 Å². The Kier molecular flexibility index (Phi) is 9.50. The van der Waals surface area contributed by atoms with E-state index in [1.165, 1.54) is 105 Å². The molecule has 11 aromatic carbocycles. The Morgan fingerprint density at radius 3 is 1.40 bits per heavy atom. The minimum atomic E-state index is -0.643. The fourth-order valence-corrected chi connectivity index (χ4v) is 12.7. The molecule has 0 bridgehead atoms. The van der Waals surface area contributed by atoms with Gasteiger partial charge in [0.05, 0.1) is 22.1 Å². The summed E-state index contributed by atoms with van der Waals surface area (Å²) in [6, 6.07) is 99.2. The molecule has 1 aromatic heterocycles. The van der Waals surface area contributed by atoms with Crippen LogP contribution in [0.5, 0.6) is 0 Å². The van der Waals surface area contributed by atoms with Gasteiger partial charge in [0, 0.05) is 38.8 Å². The lowest BCUT2D eigenvalue weighted by Gasteiger charge is -2.35. The van der Waals surface area contributed by atoms with Gasteiger partial charge in [0.25, 0.3) is 0 Å². The first-order chi connectivity index (χ1) is 35.5. The highest BCUT2D eigenvalue weighted by Crippen LogP contribution is 2.59. The Balaban J connectivity index is 1.03. The van der Waals surface area contributed by atoms with Crippen molar-refractivity contribution in [2.45, 2.75) is 24.7 Å². The molecular formula is C70H50N2. The number of nitrogens with zero attached hydrogens (tertiary/aromatic N) is 2. The van der Waals surface area contributed by atoms with Crippen molar-refractivity contribution in [1.82, 2.24) is 4.57 Å². The van der Waals surface area contributed by atoms with Crippen LogP contribution in [0.1, 0.15) is 47.2 Å². The summed E-state index contributed by atoms with van der Waals surface area (Å²) in [4.78, 5) is 2.49. The summed E-state index contributed by atoms with van der Waals surface area (Å²) < 4.78 is 2.50. The van der Waals surface area contributed by atoms with Gasteiger partial charge in [-0.1, -0.05) is 226 Å². The molecule has 340 valence electrons. The van der Waals surface area contributed by atoms with Gasteiger partial charge in [0.15, 0.2) is 0 Å². The number of hydrogen-bond donors (Lipinski definition) is 0. The molecule has 0 atom stereocenters. The molecule has 0 spiro atoms. The van der Waals surface area contributed by atoms with Gasteiger partial charge in [-0.05, 0) is 127 Å². The second-order valence-electron chi connectivity index (χ2n) is 20.0. The topological polar surface area (TPSA) is 8.17 Å². The van der Waals surface area contributed by atoms with Gasteiger partial charge in [-0.25, -0.2) is 0 Å². The first-order valence-corrected chi connectivity index (χ1v) is 25.2. The highest BCUT2D eigenvalue weighted by Gasteiger charge is 2.48. The van der Waals surface area contributed by atoms with Crippen LogP contribution >= 0.6 is 0 Å². The molecule has 0 amide bonds. The quantitative estimate of drug-likeness (QED) is 0.147. The average molecular weight is 919 g/mol. The molecule has 0 N–H and O–H groups in total. The Morgan fingerprint density at radius 1 is 0.319 bits per heavy atom. The standard InChI is InChI=1S/C70H50N2/c1-69(2)61-32-17-14-29-56(61)57-43-41-52(45-63(57)69)71(51-39-37-48(38-40-51)55-28-13-12-27-54(55)47-21-6-3-7-22-47)53-42-44-60-64(46-53)70(49-23-8-4-9-24-49,50-25-10-5-11-26-50)62-33-20-36-67(68(60)62)72-65-34-18-15-30-58(65)59-31-16-19-35-66(59)72/h3-46H,1-2H3. The van der Waals surface area contributed by atoms with Crippen molar-refractivity contribution < 1.29 is 0 Å². The predicted octanol–water partition coefficient (Wildman–Crippen LogP) is 18.3. The Bertz CT molecular complexity index is 3960. The number of rotatable bonds is 8. The van der Waals surface area contributed by atoms with Crippen LogP contribution in [0.4, 0.5) is 17.1 Å². The second kappa shape index (κ2) is 16.3. The molecule has 0 unspecified atom stereocenters. The summed E-state index contributed by atoms with van der Waals surface area (Å²) in [6.07, 6.45) is 0. The molecule has 14 rings (SSSR count). The number of hydrogen-bond acceptors (Lipinski definition) is 1. The molecule has 0 fully saturated rings. The third-order valence-corrected chi connectivity index (χ3v) is 15.9. The number of para-hydroxylation sites is 2. The highest BCUT2D eigenvalue weighted by atomic mass is 15.1. The number of aromatic nitrogens is 1. The van der Waals surface area contributed by atoms with Crippen molar-refractivity contribution in [3.8, 4) is 50.2 Å². The molecule has 1 heterocycles. The van der Waals surface area contributed by atoms with E-state index in [0.717, 1.165) is 17.1 Å². The van der Waals surface area contributed by atoms with E-state index in [4.69, 9.17) is 0 Å². The van der Waals surface area contributed by atoms with Crippen LogP contribution in [0.25, 0.3) is 72.0 Å². The normalized spacial score (nSPS) is 13.6. The zero-order chi connectivity index (χ0) is 48.0. The summed E-state index contributed by atoms with van der Waals surface area (Å²) in [7, 11) is 0. The number of benzene rings is 11. The van der Waals surface area contributed by atoms with Gasteiger partial charge >= 0.3 is 0 Å². The van der Waals surface area contributed by atoms with Crippen molar-refractivity contribution in [1.29, 1.82) is 0 Å². The van der Waals surface area contributed by atoms with Crippen molar-refractivity contribution in [2.75, 3.05) is 4.90 Å². The lowest BCUT2D eigenvalue weighted by molar-refractivity contribution is 0.660. The van der Waals surface area contributed by atoms with Crippen molar-refractivity contribution in [3.63, 3.8) is 0 Å². The summed E-state index contributed by atoms with van der Waals surface area (Å²) in [5, 5.41) is 2.50. The van der Waals surface area contributed by atoms with Gasteiger partial charge in [-0.15, -0.1) is 0 Å². The van der Waals surface area contributed by atoms with Crippen LogP contribution in [-0.2, 0) is 10.8 Å². The summed E-state index contributed by atoms with van der Waals surface area (Å²) >= 11 is 0. The Labute approximate surface area is 421 Å². The lowest BCUT2D eigenvalue weighted by atomic mass is 9.67. The van der Waals surface area contributed by atoms with Crippen LogP contribution in [0.15, 0.2) is 267 Å². The van der Waals surface area contributed by atoms with Gasteiger partial charge in [-0.2, -0.15) is 0 Å². The van der Waals surface area contributed by atoms with Gasteiger partial charge in [0.1, 0.15) is 0 Å². The molecule has 2 aliphatic rings. The summed E-state index contributed by atoms with van der Waals surface area (Å²) in [5.41, 5.74) is 23.7. The molecule has 2 heteroatoms. The van der Waals surface area contributed by atoms with Gasteiger partial charge < -0.3 is 9.47 Å². The molecule has 0 saturated carbocycles. The predicted molar refractivity (Wildman–Crippen MR) is 301 cm³/mol. The van der Waals surface area contributed by atoms with Crippen molar-refractivity contribution in [3.05, 3.63) is 300 Å². The van der Waals surface area contributed by atoms with Crippen LogP contribution in [0.2, 0.25) is 0 Å². The van der Waals surface area contributed by atoms with E-state index in [-0.39, 0.29) is 5.41 Å². The molecule has 72 heavy (non-hydrogen) atoms.